The van der Waals surface area contributed by atoms with Crippen molar-refractivity contribution >= 4 is 12.4 Å². The van der Waals surface area contributed by atoms with E-state index in [1.807, 2.05) is 18.2 Å². The molecule has 0 saturated carbocycles. The molecule has 6 nitrogen and oxygen atoms in total. The Balaban J connectivity index is 0.00000220. The normalized spacial score (nSPS) is 21.7. The monoisotopic (exact) mass is 319 g/mol. The third-order valence-corrected chi connectivity index (χ3v) is 3.26. The molecule has 3 atom stereocenters. The van der Waals surface area contributed by atoms with Gasteiger partial charge in [0.25, 0.3) is 0 Å². The van der Waals surface area contributed by atoms with Crippen molar-refractivity contribution in [2.24, 2.45) is 5.73 Å². The van der Waals surface area contributed by atoms with Gasteiger partial charge in [-0.1, -0.05) is 6.07 Å². The van der Waals surface area contributed by atoms with Crippen molar-refractivity contribution in [3.05, 3.63) is 23.8 Å². The number of hydrogen-bond donors (Lipinski definition) is 3. The molecule has 1 aliphatic heterocycles. The summed E-state index contributed by atoms with van der Waals surface area (Å²) in [4.78, 5) is 0. The first kappa shape index (κ1) is 18.0. The number of fused-ring (bicyclic) bond motifs is 1. The molecule has 1 aliphatic rings. The van der Waals surface area contributed by atoms with Crippen LogP contribution in [0.25, 0.3) is 0 Å². The van der Waals surface area contributed by atoms with Crippen molar-refractivity contribution in [3.63, 3.8) is 0 Å². The van der Waals surface area contributed by atoms with Crippen LogP contribution in [0.5, 0.6) is 11.5 Å². The van der Waals surface area contributed by atoms with Crippen LogP contribution in [0, 0.1) is 0 Å². The largest absolute Gasteiger partial charge is 0.497 e. The molecule has 1 aromatic rings. The van der Waals surface area contributed by atoms with Gasteiger partial charge in [0, 0.05) is 24.1 Å². The highest BCUT2D eigenvalue weighted by atomic mass is 35.5. The summed E-state index contributed by atoms with van der Waals surface area (Å²) in [7, 11) is 1.60. The van der Waals surface area contributed by atoms with E-state index < -0.39 is 6.10 Å². The zero-order valence-corrected chi connectivity index (χ0v) is 12.7. The summed E-state index contributed by atoms with van der Waals surface area (Å²) in [6, 6.07) is 5.47. The molecule has 0 spiro atoms. The van der Waals surface area contributed by atoms with Crippen LogP contribution in [0.2, 0.25) is 0 Å². The first-order chi connectivity index (χ1) is 9.63. The van der Waals surface area contributed by atoms with Gasteiger partial charge in [-0.3, -0.25) is 0 Å². The van der Waals surface area contributed by atoms with Crippen LogP contribution in [0.15, 0.2) is 18.2 Å². The van der Waals surface area contributed by atoms with E-state index in [1.54, 1.807) is 7.11 Å². The maximum atomic E-state index is 9.21. The molecule has 0 amide bonds. The fraction of sp³-hybridized carbons (Fsp3) is 0.571. The average molecular weight is 320 g/mol. The van der Waals surface area contributed by atoms with E-state index in [-0.39, 0.29) is 37.8 Å². The first-order valence-electron chi connectivity index (χ1n) is 6.61. The van der Waals surface area contributed by atoms with Gasteiger partial charge in [0.15, 0.2) is 0 Å². The molecule has 0 saturated heterocycles. The maximum Gasteiger partial charge on any atom is 0.128 e. The topological polar surface area (TPSA) is 94.2 Å². The van der Waals surface area contributed by atoms with Gasteiger partial charge in [-0.05, 0) is 6.07 Å². The molecule has 4 N–H and O–H groups in total. The number of halogens is 1. The van der Waals surface area contributed by atoms with E-state index in [2.05, 4.69) is 0 Å². The smallest absolute Gasteiger partial charge is 0.128 e. The Labute approximate surface area is 130 Å². The molecule has 2 rings (SSSR count). The van der Waals surface area contributed by atoms with Crippen molar-refractivity contribution in [2.45, 2.75) is 24.7 Å². The van der Waals surface area contributed by atoms with Gasteiger partial charge in [-0.2, -0.15) is 0 Å². The molecule has 0 radical (unpaired) electrons. The van der Waals surface area contributed by atoms with Gasteiger partial charge in [0.1, 0.15) is 23.7 Å². The SMILES string of the molecule is COc1ccc2c(c1)O[C@H](COCC(O)CO)C[C@@H]2N.Cl. The van der Waals surface area contributed by atoms with Gasteiger partial charge in [0.05, 0.1) is 26.9 Å². The Morgan fingerprint density at radius 1 is 1.48 bits per heavy atom. The lowest BCUT2D eigenvalue weighted by atomic mass is 9.97. The molecule has 1 aromatic carbocycles. The Morgan fingerprint density at radius 3 is 2.90 bits per heavy atom. The summed E-state index contributed by atoms with van der Waals surface area (Å²) in [5.41, 5.74) is 7.08. The molecule has 0 aromatic heterocycles. The lowest BCUT2D eigenvalue weighted by Crippen LogP contribution is -2.34. The number of aliphatic hydroxyl groups is 2. The molecule has 0 aliphatic carbocycles. The van der Waals surface area contributed by atoms with E-state index in [9.17, 15) is 5.11 Å². The summed E-state index contributed by atoms with van der Waals surface area (Å²) < 4.78 is 16.3. The molecule has 1 unspecified atom stereocenters. The van der Waals surface area contributed by atoms with Crippen molar-refractivity contribution in [3.8, 4) is 11.5 Å². The fourth-order valence-corrected chi connectivity index (χ4v) is 2.18. The summed E-state index contributed by atoms with van der Waals surface area (Å²) >= 11 is 0. The third kappa shape index (κ3) is 4.72. The lowest BCUT2D eigenvalue weighted by Gasteiger charge is -2.30. The van der Waals surface area contributed by atoms with Crippen molar-refractivity contribution in [2.75, 3.05) is 26.9 Å². The average Bonchev–Trinajstić information content (AvgIpc) is 2.46. The molecular weight excluding hydrogens is 298 g/mol. The fourth-order valence-electron chi connectivity index (χ4n) is 2.18. The third-order valence-electron chi connectivity index (χ3n) is 3.26. The molecule has 120 valence electrons. The molecule has 21 heavy (non-hydrogen) atoms. The Morgan fingerprint density at radius 2 is 2.24 bits per heavy atom. The number of benzene rings is 1. The van der Waals surface area contributed by atoms with E-state index in [4.69, 9.17) is 25.1 Å². The zero-order valence-electron chi connectivity index (χ0n) is 11.9. The van der Waals surface area contributed by atoms with Crippen molar-refractivity contribution < 1.29 is 24.4 Å². The number of rotatable bonds is 6. The second-order valence-corrected chi connectivity index (χ2v) is 4.86. The van der Waals surface area contributed by atoms with Crippen molar-refractivity contribution in [1.82, 2.24) is 0 Å². The summed E-state index contributed by atoms with van der Waals surface area (Å²) in [5, 5.41) is 17.9. The number of methoxy groups -OCH3 is 1. The van der Waals surface area contributed by atoms with Crippen LogP contribution in [-0.2, 0) is 4.74 Å². The van der Waals surface area contributed by atoms with E-state index in [1.165, 1.54) is 0 Å². The highest BCUT2D eigenvalue weighted by Gasteiger charge is 2.26. The van der Waals surface area contributed by atoms with Crippen molar-refractivity contribution in [1.29, 1.82) is 0 Å². The van der Waals surface area contributed by atoms with Gasteiger partial charge < -0.3 is 30.2 Å². The molecule has 1 heterocycles. The summed E-state index contributed by atoms with van der Waals surface area (Å²) in [5.74, 6) is 1.42. The van der Waals surface area contributed by atoms with Crippen LogP contribution in [0.4, 0.5) is 0 Å². The highest BCUT2D eigenvalue weighted by Crippen LogP contribution is 2.35. The van der Waals surface area contributed by atoms with Gasteiger partial charge >= 0.3 is 0 Å². The van der Waals surface area contributed by atoms with Crippen LogP contribution in [0.1, 0.15) is 18.0 Å². The molecular formula is C14H22ClNO5. The van der Waals surface area contributed by atoms with Gasteiger partial charge in [-0.25, -0.2) is 0 Å². The minimum Gasteiger partial charge on any atom is -0.497 e. The number of ether oxygens (including phenoxy) is 3. The second kappa shape index (κ2) is 8.41. The van der Waals surface area contributed by atoms with Gasteiger partial charge in [0.2, 0.25) is 0 Å². The van der Waals surface area contributed by atoms with Crippen LogP contribution in [0.3, 0.4) is 0 Å². The minimum atomic E-state index is -0.861. The Kier molecular flexibility index (Phi) is 7.21. The quantitative estimate of drug-likeness (QED) is 0.712. The van der Waals surface area contributed by atoms with E-state index in [0.29, 0.717) is 24.5 Å². The van der Waals surface area contributed by atoms with Gasteiger partial charge in [-0.15, -0.1) is 12.4 Å². The standard InChI is InChI=1S/C14H21NO5.ClH/c1-18-10-2-3-12-13(15)4-11(20-14(12)5-10)8-19-7-9(17)6-16;/h2-3,5,9,11,13,16-17H,4,6-8,15H2,1H3;1H/t9?,11-,13-;/m0./s1. The number of nitrogens with two attached hydrogens (primary N) is 1. The Hall–Kier alpha value is -1.05. The van der Waals surface area contributed by atoms with Crippen LogP contribution in [-0.4, -0.2) is 49.4 Å². The number of hydrogen-bond acceptors (Lipinski definition) is 6. The predicted octanol–water partition coefficient (Wildman–Crippen LogP) is 0.638. The second-order valence-electron chi connectivity index (χ2n) is 4.86. The molecule has 0 fully saturated rings. The molecule has 7 heteroatoms. The highest BCUT2D eigenvalue weighted by molar-refractivity contribution is 5.85. The summed E-state index contributed by atoms with van der Waals surface area (Å²) in [6.07, 6.45) is -0.385. The van der Waals surface area contributed by atoms with E-state index >= 15 is 0 Å². The first-order valence-corrected chi connectivity index (χ1v) is 6.61. The van der Waals surface area contributed by atoms with E-state index in [0.717, 1.165) is 5.56 Å². The molecule has 0 bridgehead atoms. The lowest BCUT2D eigenvalue weighted by molar-refractivity contribution is -0.0241. The van der Waals surface area contributed by atoms with Crippen LogP contribution < -0.4 is 15.2 Å². The predicted molar refractivity (Wildman–Crippen MR) is 80.1 cm³/mol. The maximum absolute atomic E-state index is 9.21. The minimum absolute atomic E-state index is 0. The Bertz CT molecular complexity index is 445. The summed E-state index contributed by atoms with van der Waals surface area (Å²) in [6.45, 7) is 0.0864. The zero-order chi connectivity index (χ0) is 14.5. The van der Waals surface area contributed by atoms with Crippen LogP contribution >= 0.6 is 12.4 Å². The number of aliphatic hydroxyl groups excluding tert-OH is 2.